The van der Waals surface area contributed by atoms with Crippen LogP contribution >= 0.6 is 0 Å². The Morgan fingerprint density at radius 1 is 1.33 bits per heavy atom. The number of ether oxygens (including phenoxy) is 1. The fourth-order valence-electron chi connectivity index (χ4n) is 2.37. The summed E-state index contributed by atoms with van der Waals surface area (Å²) in [6.45, 7) is 4.19. The standard InChI is InChI=1S/C17H21N3O4/c1-17(2)16(23)19-9-10-20(17)15(22)8-5-12-3-6-13(7-4-12)24-11-14(18)21/h3-8H,9-11H2,1-2H3,(H2,18,21)(H,19,23)/b8-5+. The van der Waals surface area contributed by atoms with Gasteiger partial charge in [-0.1, -0.05) is 12.1 Å². The Kier molecular flexibility index (Phi) is 5.23. The summed E-state index contributed by atoms with van der Waals surface area (Å²) in [5, 5.41) is 2.75. The number of primary amides is 1. The average Bonchev–Trinajstić information content (AvgIpc) is 2.54. The molecule has 1 aliphatic rings. The zero-order valence-corrected chi connectivity index (χ0v) is 13.7. The zero-order chi connectivity index (χ0) is 17.7. The van der Waals surface area contributed by atoms with Crippen molar-refractivity contribution in [2.75, 3.05) is 19.7 Å². The number of amides is 3. The van der Waals surface area contributed by atoms with Crippen LogP contribution in [0.4, 0.5) is 0 Å². The van der Waals surface area contributed by atoms with E-state index in [1.807, 2.05) is 0 Å². The van der Waals surface area contributed by atoms with E-state index in [0.717, 1.165) is 5.56 Å². The molecule has 2 rings (SSSR count). The lowest BCUT2D eigenvalue weighted by atomic mass is 9.98. The molecule has 1 fully saturated rings. The van der Waals surface area contributed by atoms with E-state index in [1.165, 1.54) is 6.08 Å². The first kappa shape index (κ1) is 17.5. The minimum absolute atomic E-state index is 0.161. The van der Waals surface area contributed by atoms with Crippen molar-refractivity contribution in [3.8, 4) is 5.75 Å². The summed E-state index contributed by atoms with van der Waals surface area (Å²) in [7, 11) is 0. The number of piperazine rings is 1. The van der Waals surface area contributed by atoms with E-state index in [-0.39, 0.29) is 18.4 Å². The number of rotatable bonds is 5. The summed E-state index contributed by atoms with van der Waals surface area (Å²) in [6.07, 6.45) is 3.11. The van der Waals surface area contributed by atoms with E-state index >= 15 is 0 Å². The highest BCUT2D eigenvalue weighted by Crippen LogP contribution is 2.19. The highest BCUT2D eigenvalue weighted by molar-refractivity contribution is 5.98. The molecule has 3 N–H and O–H groups in total. The summed E-state index contributed by atoms with van der Waals surface area (Å²) >= 11 is 0. The quantitative estimate of drug-likeness (QED) is 0.758. The van der Waals surface area contributed by atoms with Crippen molar-refractivity contribution in [1.82, 2.24) is 10.2 Å². The Hall–Kier alpha value is -2.83. The van der Waals surface area contributed by atoms with Crippen LogP contribution in [0.5, 0.6) is 5.75 Å². The van der Waals surface area contributed by atoms with Crippen molar-refractivity contribution in [2.45, 2.75) is 19.4 Å². The van der Waals surface area contributed by atoms with Crippen LogP contribution in [0.15, 0.2) is 30.3 Å². The number of hydrogen-bond donors (Lipinski definition) is 2. The number of carbonyl (C=O) groups excluding carboxylic acids is 3. The van der Waals surface area contributed by atoms with Gasteiger partial charge in [-0.2, -0.15) is 0 Å². The highest BCUT2D eigenvalue weighted by atomic mass is 16.5. The molecule has 0 atom stereocenters. The van der Waals surface area contributed by atoms with Gasteiger partial charge in [0.1, 0.15) is 11.3 Å². The second kappa shape index (κ2) is 7.16. The maximum Gasteiger partial charge on any atom is 0.255 e. The first-order valence-corrected chi connectivity index (χ1v) is 7.60. The van der Waals surface area contributed by atoms with Crippen molar-refractivity contribution in [1.29, 1.82) is 0 Å². The molecule has 3 amide bonds. The van der Waals surface area contributed by atoms with Gasteiger partial charge in [-0.05, 0) is 37.6 Å². The van der Waals surface area contributed by atoms with Gasteiger partial charge in [-0.15, -0.1) is 0 Å². The molecule has 0 bridgehead atoms. The van der Waals surface area contributed by atoms with E-state index in [4.69, 9.17) is 10.5 Å². The van der Waals surface area contributed by atoms with Crippen LogP contribution in [0.1, 0.15) is 19.4 Å². The fourth-order valence-corrected chi connectivity index (χ4v) is 2.37. The molecule has 1 saturated heterocycles. The van der Waals surface area contributed by atoms with Gasteiger partial charge in [0, 0.05) is 19.2 Å². The van der Waals surface area contributed by atoms with Gasteiger partial charge in [0.25, 0.3) is 5.91 Å². The zero-order valence-electron chi connectivity index (χ0n) is 13.7. The maximum atomic E-state index is 12.4. The summed E-state index contributed by atoms with van der Waals surface area (Å²) in [5.74, 6) is -0.403. The van der Waals surface area contributed by atoms with Gasteiger partial charge in [0.05, 0.1) is 0 Å². The summed E-state index contributed by atoms with van der Waals surface area (Å²) < 4.78 is 5.16. The molecule has 24 heavy (non-hydrogen) atoms. The molecule has 1 aliphatic heterocycles. The SMILES string of the molecule is CC1(C)C(=O)NCCN1C(=O)/C=C/c1ccc(OCC(N)=O)cc1. The largest absolute Gasteiger partial charge is 0.484 e. The van der Waals surface area contributed by atoms with Crippen molar-refractivity contribution in [2.24, 2.45) is 5.73 Å². The Balaban J connectivity index is 2.01. The second-order valence-electron chi connectivity index (χ2n) is 5.96. The van der Waals surface area contributed by atoms with E-state index in [9.17, 15) is 14.4 Å². The molecule has 0 aromatic heterocycles. The third-order valence-corrected chi connectivity index (χ3v) is 3.80. The molecule has 7 nitrogen and oxygen atoms in total. The van der Waals surface area contributed by atoms with Crippen molar-refractivity contribution in [3.05, 3.63) is 35.9 Å². The van der Waals surface area contributed by atoms with Gasteiger partial charge in [-0.3, -0.25) is 14.4 Å². The lowest BCUT2D eigenvalue weighted by Crippen LogP contribution is -2.63. The lowest BCUT2D eigenvalue weighted by molar-refractivity contribution is -0.146. The van der Waals surface area contributed by atoms with Gasteiger partial charge in [0.2, 0.25) is 11.8 Å². The molecule has 1 aromatic carbocycles. The Bertz CT molecular complexity index is 665. The minimum Gasteiger partial charge on any atom is -0.484 e. The Morgan fingerprint density at radius 2 is 2.00 bits per heavy atom. The van der Waals surface area contributed by atoms with Crippen LogP contribution in [0, 0.1) is 0 Å². The molecular formula is C17H21N3O4. The Morgan fingerprint density at radius 3 is 2.62 bits per heavy atom. The number of benzene rings is 1. The van der Waals surface area contributed by atoms with Gasteiger partial charge < -0.3 is 20.7 Å². The first-order valence-electron chi connectivity index (χ1n) is 7.60. The third-order valence-electron chi connectivity index (χ3n) is 3.80. The highest BCUT2D eigenvalue weighted by Gasteiger charge is 2.39. The molecule has 0 spiro atoms. The van der Waals surface area contributed by atoms with Crippen molar-refractivity contribution < 1.29 is 19.1 Å². The molecular weight excluding hydrogens is 310 g/mol. The predicted molar refractivity (Wildman–Crippen MR) is 89.0 cm³/mol. The van der Waals surface area contributed by atoms with E-state index in [0.29, 0.717) is 18.8 Å². The van der Waals surface area contributed by atoms with Crippen molar-refractivity contribution in [3.63, 3.8) is 0 Å². The number of nitrogens with two attached hydrogens (primary N) is 1. The van der Waals surface area contributed by atoms with E-state index in [2.05, 4.69) is 5.32 Å². The summed E-state index contributed by atoms with van der Waals surface area (Å²) in [5.41, 5.74) is 4.94. The monoisotopic (exact) mass is 331 g/mol. The minimum atomic E-state index is -0.869. The van der Waals surface area contributed by atoms with Crippen LogP contribution in [0.3, 0.4) is 0 Å². The number of nitrogens with zero attached hydrogens (tertiary/aromatic N) is 1. The molecule has 1 aromatic rings. The smallest absolute Gasteiger partial charge is 0.255 e. The predicted octanol–water partition coefficient (Wildman–Crippen LogP) is 0.301. The summed E-state index contributed by atoms with van der Waals surface area (Å²) in [4.78, 5) is 36.4. The number of hydrogen-bond acceptors (Lipinski definition) is 4. The average molecular weight is 331 g/mol. The number of carbonyl (C=O) groups is 3. The maximum absolute atomic E-state index is 12.4. The van der Waals surface area contributed by atoms with Crippen LogP contribution < -0.4 is 15.8 Å². The van der Waals surface area contributed by atoms with Gasteiger partial charge in [0.15, 0.2) is 6.61 Å². The Labute approximate surface area is 140 Å². The van der Waals surface area contributed by atoms with Crippen molar-refractivity contribution >= 4 is 23.8 Å². The molecule has 7 heteroatoms. The summed E-state index contributed by atoms with van der Waals surface area (Å²) in [6, 6.07) is 6.89. The normalized spacial score (nSPS) is 16.8. The molecule has 0 aliphatic carbocycles. The van der Waals surface area contributed by atoms with Crippen LogP contribution in [-0.4, -0.2) is 47.9 Å². The topological polar surface area (TPSA) is 102 Å². The van der Waals surface area contributed by atoms with Crippen LogP contribution in [-0.2, 0) is 14.4 Å². The van der Waals surface area contributed by atoms with E-state index < -0.39 is 11.4 Å². The lowest BCUT2D eigenvalue weighted by Gasteiger charge is -2.40. The van der Waals surface area contributed by atoms with E-state index in [1.54, 1.807) is 49.1 Å². The van der Waals surface area contributed by atoms with Crippen LogP contribution in [0.25, 0.3) is 6.08 Å². The molecule has 0 unspecified atom stereocenters. The fraction of sp³-hybridized carbons (Fsp3) is 0.353. The first-order chi connectivity index (χ1) is 11.3. The number of nitrogens with one attached hydrogen (secondary N) is 1. The van der Waals surface area contributed by atoms with Gasteiger partial charge in [-0.25, -0.2) is 0 Å². The molecule has 128 valence electrons. The van der Waals surface area contributed by atoms with Crippen LogP contribution in [0.2, 0.25) is 0 Å². The second-order valence-corrected chi connectivity index (χ2v) is 5.96. The molecule has 0 saturated carbocycles. The van der Waals surface area contributed by atoms with Gasteiger partial charge >= 0.3 is 0 Å². The molecule has 1 heterocycles. The third kappa shape index (κ3) is 4.13. The molecule has 0 radical (unpaired) electrons.